The lowest BCUT2D eigenvalue weighted by Gasteiger charge is -2.10. The Morgan fingerprint density at radius 2 is 1.70 bits per heavy atom. The average molecular weight is 266 g/mol. The van der Waals surface area contributed by atoms with E-state index in [1.165, 1.54) is 0 Å². The molecular weight excluding hydrogens is 248 g/mol. The third kappa shape index (κ3) is 3.35. The zero-order chi connectivity index (χ0) is 14.4. The number of hydrogen-bond acceptors (Lipinski definition) is 2. The summed E-state index contributed by atoms with van der Waals surface area (Å²) in [5.74, 6) is -0.298. The van der Waals surface area contributed by atoms with Gasteiger partial charge in [-0.3, -0.25) is 0 Å². The second-order valence-electron chi connectivity index (χ2n) is 4.49. The van der Waals surface area contributed by atoms with E-state index < -0.39 is 0 Å². The maximum absolute atomic E-state index is 11.6. The zero-order valence-corrected chi connectivity index (χ0v) is 11.8. The first-order valence-electron chi connectivity index (χ1n) is 6.72. The van der Waals surface area contributed by atoms with Crippen LogP contribution in [0.15, 0.2) is 60.7 Å². The topological polar surface area (TPSA) is 26.3 Å². The van der Waals surface area contributed by atoms with E-state index >= 15 is 0 Å². The van der Waals surface area contributed by atoms with Crippen LogP contribution in [0.4, 0.5) is 0 Å². The van der Waals surface area contributed by atoms with Gasteiger partial charge in [-0.1, -0.05) is 54.6 Å². The summed E-state index contributed by atoms with van der Waals surface area (Å²) in [4.78, 5) is 11.6. The van der Waals surface area contributed by atoms with Crippen molar-refractivity contribution in [3.8, 4) is 11.1 Å². The summed E-state index contributed by atoms with van der Waals surface area (Å²) in [6, 6.07) is 18.2. The molecule has 0 bridgehead atoms. The average Bonchev–Trinajstić information content (AvgIpc) is 2.48. The van der Waals surface area contributed by atoms with Gasteiger partial charge in [0.2, 0.25) is 0 Å². The summed E-state index contributed by atoms with van der Waals surface area (Å²) < 4.78 is 4.96. The number of hydrogen-bond donors (Lipinski definition) is 0. The molecule has 0 radical (unpaired) electrons. The maximum Gasteiger partial charge on any atom is 0.331 e. The molecule has 0 aliphatic rings. The minimum Gasteiger partial charge on any atom is -0.463 e. The Morgan fingerprint density at radius 3 is 2.40 bits per heavy atom. The third-order valence-corrected chi connectivity index (χ3v) is 3.06. The molecule has 0 aromatic heterocycles. The van der Waals surface area contributed by atoms with Crippen LogP contribution in [0.1, 0.15) is 19.4 Å². The van der Waals surface area contributed by atoms with Crippen molar-refractivity contribution in [2.45, 2.75) is 13.8 Å². The molecule has 0 unspecified atom stereocenters. The van der Waals surface area contributed by atoms with Gasteiger partial charge in [0.1, 0.15) is 0 Å². The first kappa shape index (κ1) is 14.1. The molecule has 2 heteroatoms. The van der Waals surface area contributed by atoms with E-state index in [1.54, 1.807) is 13.0 Å². The van der Waals surface area contributed by atoms with Crippen LogP contribution in [0.5, 0.6) is 0 Å². The van der Waals surface area contributed by atoms with Crippen molar-refractivity contribution in [2.24, 2.45) is 0 Å². The lowest BCUT2D eigenvalue weighted by atomic mass is 9.95. The molecule has 0 saturated heterocycles. The van der Waals surface area contributed by atoms with Crippen molar-refractivity contribution in [1.29, 1.82) is 0 Å². The first-order chi connectivity index (χ1) is 9.72. The second-order valence-corrected chi connectivity index (χ2v) is 4.49. The Hall–Kier alpha value is -2.35. The summed E-state index contributed by atoms with van der Waals surface area (Å²) >= 11 is 0. The highest BCUT2D eigenvalue weighted by Crippen LogP contribution is 2.28. The quantitative estimate of drug-likeness (QED) is 0.608. The molecule has 2 nitrogen and oxygen atoms in total. The number of carbonyl (C=O) groups is 1. The second kappa shape index (κ2) is 6.71. The summed E-state index contributed by atoms with van der Waals surface area (Å²) in [5.41, 5.74) is 4.21. The Balaban J connectivity index is 2.41. The number of benzene rings is 2. The van der Waals surface area contributed by atoms with Gasteiger partial charge in [0, 0.05) is 6.08 Å². The first-order valence-corrected chi connectivity index (χ1v) is 6.72. The van der Waals surface area contributed by atoms with Gasteiger partial charge in [0.25, 0.3) is 0 Å². The highest BCUT2D eigenvalue weighted by Gasteiger charge is 2.07. The predicted molar refractivity (Wildman–Crippen MR) is 82.2 cm³/mol. The van der Waals surface area contributed by atoms with Gasteiger partial charge in [-0.2, -0.15) is 0 Å². The molecule has 2 rings (SSSR count). The largest absolute Gasteiger partial charge is 0.463 e. The summed E-state index contributed by atoms with van der Waals surface area (Å²) in [6.07, 6.45) is 1.55. The van der Waals surface area contributed by atoms with Crippen LogP contribution in [-0.2, 0) is 9.53 Å². The molecule has 0 amide bonds. The summed E-state index contributed by atoms with van der Waals surface area (Å²) in [6.45, 7) is 4.13. The predicted octanol–water partition coefficient (Wildman–Crippen LogP) is 4.32. The van der Waals surface area contributed by atoms with Crippen molar-refractivity contribution in [1.82, 2.24) is 0 Å². The summed E-state index contributed by atoms with van der Waals surface area (Å²) in [7, 11) is 0. The lowest BCUT2D eigenvalue weighted by Crippen LogP contribution is -2.00. The van der Waals surface area contributed by atoms with E-state index in [9.17, 15) is 4.79 Å². The Bertz CT molecular complexity index is 612. The molecule has 102 valence electrons. The highest BCUT2D eigenvalue weighted by molar-refractivity contribution is 5.93. The maximum atomic E-state index is 11.6. The molecular formula is C18H18O2. The van der Waals surface area contributed by atoms with Gasteiger partial charge in [0.05, 0.1) is 6.61 Å². The van der Waals surface area contributed by atoms with Gasteiger partial charge < -0.3 is 4.74 Å². The molecule has 20 heavy (non-hydrogen) atoms. The molecule has 0 fully saturated rings. The van der Waals surface area contributed by atoms with Gasteiger partial charge in [-0.15, -0.1) is 0 Å². The molecule has 0 atom stereocenters. The van der Waals surface area contributed by atoms with Crippen LogP contribution >= 0.6 is 0 Å². The van der Waals surface area contributed by atoms with Gasteiger partial charge in [-0.25, -0.2) is 4.79 Å². The number of allylic oxidation sites excluding steroid dienone is 1. The normalized spacial score (nSPS) is 11.2. The fourth-order valence-electron chi connectivity index (χ4n) is 2.13. The van der Waals surface area contributed by atoms with E-state index in [2.05, 4.69) is 18.2 Å². The van der Waals surface area contributed by atoms with E-state index in [-0.39, 0.29) is 5.97 Å². The van der Waals surface area contributed by atoms with Crippen LogP contribution in [0.25, 0.3) is 16.7 Å². The van der Waals surface area contributed by atoms with Crippen molar-refractivity contribution in [2.75, 3.05) is 6.61 Å². The SMILES string of the molecule is CCOC(=O)C=C(C)c1ccccc1-c1ccccc1. The van der Waals surface area contributed by atoms with Gasteiger partial charge in [0.15, 0.2) is 0 Å². The molecule has 0 aliphatic carbocycles. The van der Waals surface area contributed by atoms with Crippen LogP contribution in [0, 0.1) is 0 Å². The van der Waals surface area contributed by atoms with Crippen molar-refractivity contribution in [3.05, 3.63) is 66.2 Å². The lowest BCUT2D eigenvalue weighted by molar-refractivity contribution is -0.137. The van der Waals surface area contributed by atoms with Gasteiger partial charge in [-0.05, 0) is 36.1 Å². The molecule has 0 aliphatic heterocycles. The van der Waals surface area contributed by atoms with Crippen molar-refractivity contribution >= 4 is 11.5 Å². The Kier molecular flexibility index (Phi) is 4.72. The van der Waals surface area contributed by atoms with Crippen LogP contribution in [0.2, 0.25) is 0 Å². The van der Waals surface area contributed by atoms with E-state index in [0.717, 1.165) is 22.3 Å². The highest BCUT2D eigenvalue weighted by atomic mass is 16.5. The molecule has 2 aromatic carbocycles. The van der Waals surface area contributed by atoms with Crippen molar-refractivity contribution in [3.63, 3.8) is 0 Å². The van der Waals surface area contributed by atoms with E-state index in [4.69, 9.17) is 4.74 Å². The minimum atomic E-state index is -0.298. The Labute approximate surface area is 119 Å². The number of ether oxygens (including phenoxy) is 1. The molecule has 0 saturated carbocycles. The molecule has 0 N–H and O–H groups in total. The molecule has 2 aromatic rings. The summed E-state index contributed by atoms with van der Waals surface area (Å²) in [5, 5.41) is 0. The molecule has 0 heterocycles. The zero-order valence-electron chi connectivity index (χ0n) is 11.8. The number of esters is 1. The fraction of sp³-hybridized carbons (Fsp3) is 0.167. The number of rotatable bonds is 4. The Morgan fingerprint density at radius 1 is 1.05 bits per heavy atom. The van der Waals surface area contributed by atoms with Crippen LogP contribution in [-0.4, -0.2) is 12.6 Å². The molecule has 0 spiro atoms. The monoisotopic (exact) mass is 266 g/mol. The van der Waals surface area contributed by atoms with Crippen LogP contribution < -0.4 is 0 Å². The van der Waals surface area contributed by atoms with E-state index in [0.29, 0.717) is 6.61 Å². The van der Waals surface area contributed by atoms with Crippen LogP contribution in [0.3, 0.4) is 0 Å². The number of carbonyl (C=O) groups excluding carboxylic acids is 1. The smallest absolute Gasteiger partial charge is 0.331 e. The van der Waals surface area contributed by atoms with Crippen molar-refractivity contribution < 1.29 is 9.53 Å². The van der Waals surface area contributed by atoms with E-state index in [1.807, 2.05) is 43.3 Å². The fourth-order valence-corrected chi connectivity index (χ4v) is 2.13. The van der Waals surface area contributed by atoms with Gasteiger partial charge >= 0.3 is 5.97 Å². The minimum absolute atomic E-state index is 0.298. The standard InChI is InChI=1S/C18H18O2/c1-3-20-18(19)13-14(2)16-11-7-8-12-17(16)15-9-5-4-6-10-15/h4-13H,3H2,1-2H3. The third-order valence-electron chi connectivity index (χ3n) is 3.06.